The summed E-state index contributed by atoms with van der Waals surface area (Å²) in [6.07, 6.45) is 0. The maximum absolute atomic E-state index is 9.35. The van der Waals surface area contributed by atoms with E-state index in [1.165, 1.54) is 0 Å². The normalized spacial score (nSPS) is 10.7. The van der Waals surface area contributed by atoms with Gasteiger partial charge in [0.25, 0.3) is 0 Å². The molecule has 0 aliphatic carbocycles. The maximum Gasteiger partial charge on any atom is 0.138 e. The smallest absolute Gasteiger partial charge is 0.138 e. The summed E-state index contributed by atoms with van der Waals surface area (Å²) in [4.78, 5) is 0. The van der Waals surface area contributed by atoms with Crippen LogP contribution >= 0.6 is 11.6 Å². The lowest BCUT2D eigenvalue weighted by Crippen LogP contribution is -1.98. The lowest BCUT2D eigenvalue weighted by atomic mass is 10.2. The molecule has 1 aromatic heterocycles. The molecule has 6 heteroatoms. The third kappa shape index (κ3) is 2.73. The second-order valence-electron chi connectivity index (χ2n) is 3.92. The fraction of sp³-hybridized carbons (Fsp3) is 0.308. The van der Waals surface area contributed by atoms with Crippen LogP contribution in [-0.4, -0.2) is 29.1 Å². The van der Waals surface area contributed by atoms with Crippen LogP contribution in [0.3, 0.4) is 0 Å². The lowest BCUT2D eigenvalue weighted by molar-refractivity contribution is 0.178. The first kappa shape index (κ1) is 13.9. The second-order valence-corrected chi connectivity index (χ2v) is 4.28. The van der Waals surface area contributed by atoms with E-state index in [4.69, 9.17) is 21.1 Å². The first-order valence-corrected chi connectivity index (χ1v) is 6.09. The quantitative estimate of drug-likeness (QED) is 0.913. The van der Waals surface area contributed by atoms with Gasteiger partial charge in [0.05, 0.1) is 31.7 Å². The van der Waals surface area contributed by atoms with Crippen LogP contribution in [0.1, 0.15) is 11.3 Å². The average molecular weight is 283 g/mol. The monoisotopic (exact) mass is 282 g/mol. The summed E-state index contributed by atoms with van der Waals surface area (Å²) in [5.41, 5.74) is 2.01. The summed E-state index contributed by atoms with van der Waals surface area (Å²) < 4.78 is 11.7. The van der Waals surface area contributed by atoms with Gasteiger partial charge < -0.3 is 14.6 Å². The minimum Gasteiger partial charge on any atom is -0.497 e. The summed E-state index contributed by atoms with van der Waals surface area (Å²) in [6, 6.07) is 7.33. The standard InChI is InChI=1S/C13H15ClN2O3/c1-18-8-12-11(7-17)13(14)16(15-12)9-3-5-10(19-2)6-4-9/h3-6,17H,7-8H2,1-2H3. The molecule has 102 valence electrons. The van der Waals surface area contributed by atoms with Gasteiger partial charge in [-0.05, 0) is 24.3 Å². The van der Waals surface area contributed by atoms with Crippen LogP contribution in [0.5, 0.6) is 5.75 Å². The number of nitrogens with zero attached hydrogens (tertiary/aromatic N) is 2. The van der Waals surface area contributed by atoms with E-state index < -0.39 is 0 Å². The van der Waals surface area contributed by atoms with Gasteiger partial charge in [0.1, 0.15) is 10.9 Å². The van der Waals surface area contributed by atoms with Crippen LogP contribution in [0.25, 0.3) is 5.69 Å². The van der Waals surface area contributed by atoms with Crippen molar-refractivity contribution in [3.63, 3.8) is 0 Å². The number of aliphatic hydroxyl groups is 1. The number of rotatable bonds is 5. The van der Waals surface area contributed by atoms with Gasteiger partial charge in [-0.25, -0.2) is 4.68 Å². The molecule has 1 N–H and O–H groups in total. The highest BCUT2D eigenvalue weighted by molar-refractivity contribution is 6.30. The van der Waals surface area contributed by atoms with Crippen molar-refractivity contribution in [3.8, 4) is 11.4 Å². The Labute approximate surface area is 116 Å². The van der Waals surface area contributed by atoms with Crippen LogP contribution in [0, 0.1) is 0 Å². The maximum atomic E-state index is 9.35. The van der Waals surface area contributed by atoms with Crippen LogP contribution < -0.4 is 4.74 Å². The molecule has 0 bridgehead atoms. The van der Waals surface area contributed by atoms with Crippen LogP contribution in [0.4, 0.5) is 0 Å². The number of aromatic nitrogens is 2. The molecule has 5 nitrogen and oxygen atoms in total. The van der Waals surface area contributed by atoms with E-state index in [2.05, 4.69) is 5.10 Å². The Kier molecular flexibility index (Phi) is 4.42. The Morgan fingerprint density at radius 2 is 1.95 bits per heavy atom. The highest BCUT2D eigenvalue weighted by Gasteiger charge is 2.16. The fourth-order valence-electron chi connectivity index (χ4n) is 1.78. The first-order valence-electron chi connectivity index (χ1n) is 5.71. The van der Waals surface area contributed by atoms with Crippen LogP contribution in [-0.2, 0) is 18.0 Å². The van der Waals surface area contributed by atoms with Crippen LogP contribution in [0.15, 0.2) is 24.3 Å². The second kappa shape index (κ2) is 6.06. The van der Waals surface area contributed by atoms with Crippen molar-refractivity contribution >= 4 is 11.6 Å². The topological polar surface area (TPSA) is 56.5 Å². The predicted molar refractivity (Wildman–Crippen MR) is 71.8 cm³/mol. The number of hydrogen-bond donors (Lipinski definition) is 1. The van der Waals surface area contributed by atoms with E-state index in [9.17, 15) is 5.11 Å². The summed E-state index contributed by atoms with van der Waals surface area (Å²) in [5, 5.41) is 14.1. The summed E-state index contributed by atoms with van der Waals surface area (Å²) in [6.45, 7) is 0.131. The number of aliphatic hydroxyl groups excluding tert-OH is 1. The molecular weight excluding hydrogens is 268 g/mol. The number of benzene rings is 1. The van der Waals surface area contributed by atoms with Crippen LogP contribution in [0.2, 0.25) is 5.15 Å². The van der Waals surface area contributed by atoms with Crippen molar-refractivity contribution < 1.29 is 14.6 Å². The summed E-state index contributed by atoms with van der Waals surface area (Å²) in [5.74, 6) is 0.756. The lowest BCUT2D eigenvalue weighted by Gasteiger charge is -2.04. The molecule has 2 aromatic rings. The zero-order valence-electron chi connectivity index (χ0n) is 10.8. The molecule has 0 saturated carbocycles. The Balaban J connectivity index is 2.43. The fourth-order valence-corrected chi connectivity index (χ4v) is 2.08. The molecule has 0 spiro atoms. The first-order chi connectivity index (χ1) is 9.21. The highest BCUT2D eigenvalue weighted by atomic mass is 35.5. The minimum atomic E-state index is -0.173. The molecule has 2 rings (SSSR count). The van der Waals surface area contributed by atoms with E-state index in [0.29, 0.717) is 23.0 Å². The number of halogens is 1. The molecule has 19 heavy (non-hydrogen) atoms. The van der Waals surface area contributed by atoms with E-state index in [-0.39, 0.29) is 6.61 Å². The van der Waals surface area contributed by atoms with Gasteiger partial charge in [0.15, 0.2) is 0 Å². The van der Waals surface area contributed by atoms with Gasteiger partial charge in [-0.15, -0.1) is 0 Å². The van der Waals surface area contributed by atoms with Crippen molar-refractivity contribution in [2.75, 3.05) is 14.2 Å². The Hall–Kier alpha value is -1.56. The van der Waals surface area contributed by atoms with Crippen molar-refractivity contribution in [2.24, 2.45) is 0 Å². The zero-order valence-corrected chi connectivity index (χ0v) is 11.5. The molecule has 1 aromatic carbocycles. The van der Waals surface area contributed by atoms with Gasteiger partial charge >= 0.3 is 0 Å². The van der Waals surface area contributed by atoms with Gasteiger partial charge in [-0.3, -0.25) is 0 Å². The molecule has 0 aliphatic rings. The Bertz CT molecular complexity index is 552. The molecule has 0 aliphatic heterocycles. The van der Waals surface area contributed by atoms with E-state index >= 15 is 0 Å². The Morgan fingerprint density at radius 3 is 2.47 bits per heavy atom. The predicted octanol–water partition coefficient (Wildman–Crippen LogP) is 2.17. The van der Waals surface area contributed by atoms with Gasteiger partial charge in [0, 0.05) is 12.7 Å². The van der Waals surface area contributed by atoms with Gasteiger partial charge in [-0.1, -0.05) is 11.6 Å². The number of hydrogen-bond acceptors (Lipinski definition) is 4. The highest BCUT2D eigenvalue weighted by Crippen LogP contribution is 2.25. The van der Waals surface area contributed by atoms with Crippen molar-refractivity contribution in [3.05, 3.63) is 40.7 Å². The SMILES string of the molecule is COCc1nn(-c2ccc(OC)cc2)c(Cl)c1CO. The van der Waals surface area contributed by atoms with Crippen molar-refractivity contribution in [1.82, 2.24) is 9.78 Å². The number of ether oxygens (including phenoxy) is 2. The van der Waals surface area contributed by atoms with E-state index in [1.807, 2.05) is 24.3 Å². The molecular formula is C13H15ClN2O3. The molecule has 1 heterocycles. The number of methoxy groups -OCH3 is 2. The minimum absolute atomic E-state index is 0.173. The molecule has 0 amide bonds. The zero-order chi connectivity index (χ0) is 13.8. The molecule has 0 unspecified atom stereocenters. The molecule has 0 atom stereocenters. The van der Waals surface area contributed by atoms with E-state index in [0.717, 1.165) is 11.4 Å². The average Bonchev–Trinajstić information content (AvgIpc) is 2.75. The molecule has 0 fully saturated rings. The van der Waals surface area contributed by atoms with Gasteiger partial charge in [0.2, 0.25) is 0 Å². The Morgan fingerprint density at radius 1 is 1.26 bits per heavy atom. The van der Waals surface area contributed by atoms with E-state index in [1.54, 1.807) is 18.9 Å². The summed E-state index contributed by atoms with van der Waals surface area (Å²) in [7, 11) is 3.18. The van der Waals surface area contributed by atoms with Gasteiger partial charge in [-0.2, -0.15) is 5.10 Å². The molecule has 0 radical (unpaired) electrons. The summed E-state index contributed by atoms with van der Waals surface area (Å²) >= 11 is 6.23. The van der Waals surface area contributed by atoms with Crippen molar-refractivity contribution in [2.45, 2.75) is 13.2 Å². The third-order valence-electron chi connectivity index (χ3n) is 2.76. The van der Waals surface area contributed by atoms with Crippen molar-refractivity contribution in [1.29, 1.82) is 0 Å². The third-order valence-corrected chi connectivity index (χ3v) is 3.15. The largest absolute Gasteiger partial charge is 0.497 e. The molecule has 0 saturated heterocycles.